The Labute approximate surface area is 375 Å². The zero-order chi connectivity index (χ0) is 46.0. The monoisotopic (exact) mass is 903 g/mol. The van der Waals surface area contributed by atoms with Gasteiger partial charge in [0.05, 0.1) is 6.10 Å². The van der Waals surface area contributed by atoms with Gasteiger partial charge in [0, 0.05) is 49.3 Å². The van der Waals surface area contributed by atoms with E-state index in [1.807, 2.05) is 42.5 Å². The van der Waals surface area contributed by atoms with Gasteiger partial charge in [-0.25, -0.2) is 0 Å². The minimum Gasteiger partial charge on any atom is -0.558 e. The maximum absolute atomic E-state index is 14.8. The summed E-state index contributed by atoms with van der Waals surface area (Å²) in [5, 5.41) is 25.6. The van der Waals surface area contributed by atoms with E-state index < -0.39 is 86.1 Å². The molecule has 5 aromatic rings. The van der Waals surface area contributed by atoms with Crippen LogP contribution in [0, 0.1) is 0 Å². The average molecular weight is 904 g/mol. The number of aliphatic hydroxyl groups excluding tert-OH is 1. The molecular formula is C47H50N7O10P. The van der Waals surface area contributed by atoms with E-state index >= 15 is 0 Å². The molecule has 2 aliphatic heterocycles. The van der Waals surface area contributed by atoms with E-state index in [2.05, 4.69) is 31.6 Å². The van der Waals surface area contributed by atoms with Crippen LogP contribution in [-0.2, 0) is 59.0 Å². The molecule has 1 unspecified atom stereocenters. The zero-order valence-corrected chi connectivity index (χ0v) is 36.4. The van der Waals surface area contributed by atoms with Crippen molar-refractivity contribution >= 4 is 54.6 Å². The number of aliphatic hydroxyl groups is 1. The van der Waals surface area contributed by atoms with Crippen LogP contribution in [0.4, 0.5) is 0 Å². The highest BCUT2D eigenvalue weighted by Crippen LogP contribution is 2.24. The maximum Gasteiger partial charge on any atom is 0.539 e. The third-order valence-electron chi connectivity index (χ3n) is 11.6. The Kier molecular flexibility index (Phi) is 15.0. The van der Waals surface area contributed by atoms with Crippen molar-refractivity contribution in [2.24, 2.45) is 0 Å². The van der Waals surface area contributed by atoms with Crippen molar-refractivity contribution < 1.29 is 47.9 Å². The number of rotatable bonds is 11. The first-order chi connectivity index (χ1) is 31.3. The number of carbonyl (C=O) groups is 6. The summed E-state index contributed by atoms with van der Waals surface area (Å²) >= 11 is 0. The summed E-state index contributed by atoms with van der Waals surface area (Å²) < 4.78 is 15.9. The van der Waals surface area contributed by atoms with Crippen molar-refractivity contribution in [3.8, 4) is 5.75 Å². The smallest absolute Gasteiger partial charge is 0.539 e. The molecule has 0 bridgehead atoms. The van der Waals surface area contributed by atoms with E-state index in [0.717, 1.165) is 16.5 Å². The summed E-state index contributed by atoms with van der Waals surface area (Å²) in [4.78, 5) is 103. The lowest BCUT2D eigenvalue weighted by Crippen LogP contribution is -2.63. The molecule has 65 heavy (non-hydrogen) atoms. The second-order valence-electron chi connectivity index (χ2n) is 16.3. The summed E-state index contributed by atoms with van der Waals surface area (Å²) in [6, 6.07) is 23.2. The van der Waals surface area contributed by atoms with E-state index in [1.165, 1.54) is 36.1 Å². The van der Waals surface area contributed by atoms with Gasteiger partial charge in [-0.2, -0.15) is 0 Å². The van der Waals surface area contributed by atoms with Crippen LogP contribution >= 0.6 is 8.25 Å². The molecule has 18 heteroatoms. The first-order valence-electron chi connectivity index (χ1n) is 21.4. The Morgan fingerprint density at radius 2 is 1.15 bits per heavy atom. The molecule has 2 saturated heterocycles. The van der Waals surface area contributed by atoms with Crippen LogP contribution in [0.1, 0.15) is 42.0 Å². The molecule has 0 spiro atoms. The molecule has 0 saturated carbocycles. The minimum absolute atomic E-state index is 0.0172. The summed E-state index contributed by atoms with van der Waals surface area (Å²) in [6.07, 6.45) is 0.714. The number of nitrogens with one attached hydrogen (secondary N) is 6. The number of fused-ring (bicyclic) bond motifs is 2. The third-order valence-corrected chi connectivity index (χ3v) is 12.0. The lowest BCUT2D eigenvalue weighted by molar-refractivity contribution is -0.178. The molecule has 2 fully saturated rings. The number of aromatic nitrogens is 1. The predicted molar refractivity (Wildman–Crippen MR) is 237 cm³/mol. The number of amides is 6. The van der Waals surface area contributed by atoms with Crippen LogP contribution in [-0.4, -0.2) is 99.3 Å². The van der Waals surface area contributed by atoms with Gasteiger partial charge in [0.25, 0.3) is 0 Å². The summed E-state index contributed by atoms with van der Waals surface area (Å²) in [5.74, 6) is -4.41. The summed E-state index contributed by atoms with van der Waals surface area (Å²) in [6.45, 7) is 1.45. The second kappa shape index (κ2) is 21.2. The number of hydrogen-bond donors (Lipinski definition) is 7. The Morgan fingerprint density at radius 3 is 1.77 bits per heavy atom. The van der Waals surface area contributed by atoms with Gasteiger partial charge >= 0.3 is 8.25 Å². The van der Waals surface area contributed by atoms with Crippen LogP contribution in [0.5, 0.6) is 5.75 Å². The van der Waals surface area contributed by atoms with Crippen LogP contribution in [0.3, 0.4) is 0 Å². The van der Waals surface area contributed by atoms with E-state index in [-0.39, 0.29) is 44.4 Å². The molecule has 17 nitrogen and oxygen atoms in total. The van der Waals surface area contributed by atoms with Crippen molar-refractivity contribution in [1.82, 2.24) is 36.5 Å². The fourth-order valence-electron chi connectivity index (χ4n) is 8.29. The molecule has 7 N–H and O–H groups in total. The standard InChI is InChI=1S/C47H50N7O10P/c1-28(55)41-46(60)51-36(23-29-11-4-2-5-12-29)42(56)49-38(26-32-27-48-35-16-9-8-15-34(32)35)43(57)52-39(25-30-13-6-3-7-14-30)47(61)54-22-10-17-40(54)45(59)50-37(44(58)53-41)24-31-18-20-33(21-19-31)64-65(62)63/h2-9,11-16,18-21,27-28,36-41,48,55H,10,17,22-26H2,1H3,(H,49,56)(H,50,59)(H,51,60)(H,52,57)(H,53,58)/t28-,36+,37+,38+,39+,40-,41+/m1/s1. The SMILES string of the molecule is C[C@@H](O)[C@@H]1NC(=O)[C@H](Cc2ccc(O[P+](=O)[O-])cc2)NC(=O)[C@H]2CCCN2C(=O)[C@H](Cc2ccccc2)NC(=O)[C@H](Cc2c[nH]c3ccccc23)NC(=O)[C@H](Cc2ccccc2)NC1=O. The predicted octanol–water partition coefficient (Wildman–Crippen LogP) is 1.64. The summed E-state index contributed by atoms with van der Waals surface area (Å²) in [7, 11) is -3.19. The van der Waals surface area contributed by atoms with Crippen molar-refractivity contribution in [3.63, 3.8) is 0 Å². The number of carbonyl (C=O) groups excluding carboxylic acids is 6. The Morgan fingerprint density at radius 1 is 0.646 bits per heavy atom. The molecule has 0 radical (unpaired) electrons. The molecule has 7 rings (SSSR count). The number of benzene rings is 4. The van der Waals surface area contributed by atoms with Crippen molar-refractivity contribution in [2.75, 3.05) is 6.54 Å². The van der Waals surface area contributed by atoms with Crippen molar-refractivity contribution in [3.05, 3.63) is 138 Å². The van der Waals surface area contributed by atoms with Gasteiger partial charge in [0.2, 0.25) is 35.4 Å². The Balaban J connectivity index is 1.28. The molecule has 2 aliphatic rings. The first-order valence-corrected chi connectivity index (χ1v) is 22.5. The highest BCUT2D eigenvalue weighted by atomic mass is 31.1. The van der Waals surface area contributed by atoms with E-state index in [9.17, 15) is 43.3 Å². The van der Waals surface area contributed by atoms with E-state index in [1.54, 1.807) is 48.7 Å². The van der Waals surface area contributed by atoms with Crippen LogP contribution in [0.15, 0.2) is 115 Å². The molecule has 1 aromatic heterocycles. The first kappa shape index (κ1) is 46.1. The maximum atomic E-state index is 14.8. The van der Waals surface area contributed by atoms with Crippen molar-refractivity contribution in [1.29, 1.82) is 0 Å². The second-order valence-corrected chi connectivity index (χ2v) is 16.9. The lowest BCUT2D eigenvalue weighted by atomic mass is 9.99. The fourth-order valence-corrected chi connectivity index (χ4v) is 8.59. The molecule has 338 valence electrons. The third kappa shape index (κ3) is 11.8. The normalized spacial score (nSPS) is 23.2. The topological polar surface area (TPSA) is 251 Å². The van der Waals surface area contributed by atoms with Gasteiger partial charge < -0.3 is 46.5 Å². The van der Waals surface area contributed by atoms with Gasteiger partial charge in [-0.3, -0.25) is 33.3 Å². The zero-order valence-electron chi connectivity index (χ0n) is 35.5. The molecule has 6 amide bonds. The average Bonchev–Trinajstić information content (AvgIpc) is 3.96. The van der Waals surface area contributed by atoms with Crippen molar-refractivity contribution in [2.45, 2.75) is 87.8 Å². The van der Waals surface area contributed by atoms with Crippen LogP contribution in [0.2, 0.25) is 0 Å². The number of para-hydroxylation sites is 1. The fraction of sp³-hybridized carbons (Fsp3) is 0.319. The quantitative estimate of drug-likeness (QED) is 0.0945. The van der Waals surface area contributed by atoms with E-state index in [4.69, 9.17) is 4.52 Å². The highest BCUT2D eigenvalue weighted by Gasteiger charge is 2.41. The number of aromatic amines is 1. The minimum atomic E-state index is -3.19. The Hall–Kier alpha value is -6.94. The van der Waals surface area contributed by atoms with Crippen LogP contribution in [0.25, 0.3) is 10.9 Å². The van der Waals surface area contributed by atoms with Gasteiger partial charge in [-0.05, 0) is 64.8 Å². The molecular weight excluding hydrogens is 854 g/mol. The largest absolute Gasteiger partial charge is 0.558 e. The molecule has 8 atom stereocenters. The van der Waals surface area contributed by atoms with Gasteiger partial charge in [-0.1, -0.05) is 91.0 Å². The molecule has 4 aromatic carbocycles. The molecule has 3 heterocycles. The van der Waals surface area contributed by atoms with Gasteiger partial charge in [0.1, 0.15) is 36.3 Å². The van der Waals surface area contributed by atoms with Gasteiger partial charge in [0.15, 0.2) is 5.75 Å². The van der Waals surface area contributed by atoms with Crippen LogP contribution < -0.4 is 36.0 Å². The lowest BCUT2D eigenvalue weighted by Gasteiger charge is -2.32. The highest BCUT2D eigenvalue weighted by molar-refractivity contribution is 7.31. The Bertz CT molecular complexity index is 2520. The molecule has 0 aliphatic carbocycles. The number of nitrogens with zero attached hydrogens (tertiary/aromatic N) is 1. The van der Waals surface area contributed by atoms with Gasteiger partial charge in [-0.15, -0.1) is 0 Å². The van der Waals surface area contributed by atoms with E-state index in [0.29, 0.717) is 23.1 Å². The number of hydrogen-bond acceptors (Lipinski definition) is 10. The number of H-pyrrole nitrogens is 1. The summed E-state index contributed by atoms with van der Waals surface area (Å²) in [5.41, 5.74) is 3.34.